The molecule has 0 unspecified atom stereocenters. The molecule has 1 saturated heterocycles. The van der Waals surface area contributed by atoms with Crippen molar-refractivity contribution in [3.63, 3.8) is 0 Å². The summed E-state index contributed by atoms with van der Waals surface area (Å²) in [5.74, 6) is 1.21. The molecule has 0 bridgehead atoms. The lowest BCUT2D eigenvalue weighted by molar-refractivity contribution is -0.134. The lowest BCUT2D eigenvalue weighted by Gasteiger charge is -2.31. The van der Waals surface area contributed by atoms with E-state index in [4.69, 9.17) is 9.72 Å². The Morgan fingerprint density at radius 2 is 1.88 bits per heavy atom. The predicted molar refractivity (Wildman–Crippen MR) is 108 cm³/mol. The van der Waals surface area contributed by atoms with Gasteiger partial charge in [-0.05, 0) is 49.2 Å². The topological polar surface area (TPSA) is 42.4 Å². The van der Waals surface area contributed by atoms with E-state index in [9.17, 15) is 4.79 Å². The molecule has 134 valence electrons. The number of halogens is 1. The molecular formula is C20H19BrN2O2S. The molecule has 0 spiro atoms. The van der Waals surface area contributed by atoms with Crippen molar-refractivity contribution in [2.24, 2.45) is 0 Å². The summed E-state index contributed by atoms with van der Waals surface area (Å²) < 4.78 is 7.84. The van der Waals surface area contributed by atoms with Gasteiger partial charge >= 0.3 is 0 Å². The second-order valence-corrected chi connectivity index (χ2v) is 8.40. The Kier molecular flexibility index (Phi) is 5.22. The Hall–Kier alpha value is -1.92. The van der Waals surface area contributed by atoms with Crippen LogP contribution in [0.15, 0.2) is 53.0 Å². The van der Waals surface area contributed by atoms with E-state index < -0.39 is 0 Å². The second-order valence-electron chi connectivity index (χ2n) is 6.42. The minimum atomic E-state index is 0.0515. The molecule has 0 atom stereocenters. The molecule has 2 aromatic carbocycles. The van der Waals surface area contributed by atoms with Crippen LogP contribution in [0.5, 0.6) is 5.75 Å². The first-order chi connectivity index (χ1) is 12.7. The molecule has 1 aromatic heterocycles. The van der Waals surface area contributed by atoms with E-state index in [-0.39, 0.29) is 12.5 Å². The summed E-state index contributed by atoms with van der Waals surface area (Å²) in [5, 5.41) is 1.20. The van der Waals surface area contributed by atoms with Gasteiger partial charge in [-0.25, -0.2) is 4.98 Å². The normalized spacial score (nSPS) is 15.3. The molecule has 1 aliphatic rings. The van der Waals surface area contributed by atoms with Gasteiger partial charge in [-0.15, -0.1) is 11.3 Å². The minimum Gasteiger partial charge on any atom is -0.484 e. The molecule has 1 amide bonds. The highest BCUT2D eigenvalue weighted by molar-refractivity contribution is 9.10. The number of benzene rings is 2. The predicted octanol–water partition coefficient (Wildman–Crippen LogP) is 4.84. The van der Waals surface area contributed by atoms with Gasteiger partial charge in [-0.1, -0.05) is 28.1 Å². The number of para-hydroxylation sites is 1. The van der Waals surface area contributed by atoms with Crippen LogP contribution in [0, 0.1) is 0 Å². The van der Waals surface area contributed by atoms with Crippen LogP contribution in [0.3, 0.4) is 0 Å². The van der Waals surface area contributed by atoms with Crippen LogP contribution in [-0.4, -0.2) is 35.5 Å². The number of nitrogens with zero attached hydrogens (tertiary/aromatic N) is 2. The van der Waals surface area contributed by atoms with E-state index in [0.29, 0.717) is 11.7 Å². The van der Waals surface area contributed by atoms with Crippen LogP contribution in [0.25, 0.3) is 10.2 Å². The van der Waals surface area contributed by atoms with Crippen LogP contribution < -0.4 is 4.74 Å². The first-order valence-corrected chi connectivity index (χ1v) is 10.3. The van der Waals surface area contributed by atoms with E-state index in [1.54, 1.807) is 11.3 Å². The van der Waals surface area contributed by atoms with Crippen molar-refractivity contribution in [2.75, 3.05) is 19.7 Å². The summed E-state index contributed by atoms with van der Waals surface area (Å²) in [6, 6.07) is 15.8. The van der Waals surface area contributed by atoms with Crippen LogP contribution in [-0.2, 0) is 4.79 Å². The number of likely N-dealkylation sites (tertiary alicyclic amines) is 1. The standard InChI is InChI=1S/C20H19BrN2O2S/c21-15-5-7-16(8-6-15)25-13-19(24)23-11-9-14(10-12-23)20-22-17-3-1-2-4-18(17)26-20/h1-8,14H,9-13H2. The molecule has 26 heavy (non-hydrogen) atoms. The molecule has 0 radical (unpaired) electrons. The fraction of sp³-hybridized carbons (Fsp3) is 0.300. The summed E-state index contributed by atoms with van der Waals surface area (Å²) in [6.45, 7) is 1.62. The van der Waals surface area contributed by atoms with Crippen LogP contribution in [0.1, 0.15) is 23.8 Å². The number of aromatic nitrogens is 1. The SMILES string of the molecule is O=C(COc1ccc(Br)cc1)N1CCC(c2nc3ccccc3s2)CC1. The third-order valence-electron chi connectivity index (χ3n) is 4.68. The first kappa shape index (κ1) is 17.5. The molecule has 4 nitrogen and oxygen atoms in total. The third kappa shape index (κ3) is 3.91. The van der Waals surface area contributed by atoms with Crippen molar-refractivity contribution in [1.29, 1.82) is 0 Å². The van der Waals surface area contributed by atoms with E-state index in [0.717, 1.165) is 35.9 Å². The van der Waals surface area contributed by atoms with Crippen LogP contribution in [0.2, 0.25) is 0 Å². The lowest BCUT2D eigenvalue weighted by atomic mass is 9.97. The second kappa shape index (κ2) is 7.76. The Morgan fingerprint density at radius 1 is 1.15 bits per heavy atom. The average Bonchev–Trinajstić information content (AvgIpc) is 3.12. The molecule has 3 aromatic rings. The van der Waals surface area contributed by atoms with Gasteiger partial charge in [0.1, 0.15) is 5.75 Å². The summed E-state index contributed by atoms with van der Waals surface area (Å²) in [7, 11) is 0. The summed E-state index contributed by atoms with van der Waals surface area (Å²) in [4.78, 5) is 19.1. The molecule has 1 aliphatic heterocycles. The van der Waals surface area contributed by atoms with Crippen molar-refractivity contribution in [1.82, 2.24) is 9.88 Å². The van der Waals surface area contributed by atoms with Gasteiger partial charge in [0.15, 0.2) is 6.61 Å². The number of piperidine rings is 1. The molecule has 2 heterocycles. The fourth-order valence-electron chi connectivity index (χ4n) is 3.21. The zero-order valence-corrected chi connectivity index (χ0v) is 16.6. The smallest absolute Gasteiger partial charge is 0.260 e. The Labute approximate surface area is 164 Å². The van der Waals surface area contributed by atoms with E-state index in [2.05, 4.69) is 34.1 Å². The number of amides is 1. The largest absolute Gasteiger partial charge is 0.484 e. The molecule has 0 aliphatic carbocycles. The number of rotatable bonds is 4. The lowest BCUT2D eigenvalue weighted by Crippen LogP contribution is -2.40. The molecule has 4 rings (SSSR count). The maximum atomic E-state index is 12.4. The van der Waals surface area contributed by atoms with Crippen molar-refractivity contribution >= 4 is 43.4 Å². The number of ether oxygens (including phenoxy) is 1. The molecule has 1 fully saturated rings. The number of carbonyl (C=O) groups is 1. The van der Waals surface area contributed by atoms with Gasteiger partial charge in [0.25, 0.3) is 5.91 Å². The minimum absolute atomic E-state index is 0.0515. The number of thiazole rings is 1. The molecule has 0 saturated carbocycles. The highest BCUT2D eigenvalue weighted by Crippen LogP contribution is 2.33. The molecule has 6 heteroatoms. The van der Waals surface area contributed by atoms with Gasteiger partial charge in [0.05, 0.1) is 15.2 Å². The summed E-state index contributed by atoms with van der Waals surface area (Å²) >= 11 is 5.17. The van der Waals surface area contributed by atoms with Crippen molar-refractivity contribution in [3.05, 3.63) is 58.0 Å². The van der Waals surface area contributed by atoms with Gasteiger partial charge in [-0.2, -0.15) is 0 Å². The fourth-order valence-corrected chi connectivity index (χ4v) is 4.61. The highest BCUT2D eigenvalue weighted by atomic mass is 79.9. The van der Waals surface area contributed by atoms with E-state index >= 15 is 0 Å². The zero-order valence-electron chi connectivity index (χ0n) is 14.2. The van der Waals surface area contributed by atoms with Crippen LogP contribution in [0.4, 0.5) is 0 Å². The van der Waals surface area contributed by atoms with Crippen molar-refractivity contribution < 1.29 is 9.53 Å². The summed E-state index contributed by atoms with van der Waals surface area (Å²) in [6.07, 6.45) is 1.92. The van der Waals surface area contributed by atoms with Gasteiger partial charge < -0.3 is 9.64 Å². The number of fused-ring (bicyclic) bond motifs is 1. The maximum Gasteiger partial charge on any atom is 0.260 e. The van der Waals surface area contributed by atoms with Gasteiger partial charge in [-0.3, -0.25) is 4.79 Å². The Bertz CT molecular complexity index is 869. The first-order valence-electron chi connectivity index (χ1n) is 8.70. The monoisotopic (exact) mass is 430 g/mol. The Balaban J connectivity index is 1.31. The third-order valence-corrected chi connectivity index (χ3v) is 6.41. The van der Waals surface area contributed by atoms with Crippen LogP contribution >= 0.6 is 27.3 Å². The average molecular weight is 431 g/mol. The number of hydrogen-bond acceptors (Lipinski definition) is 4. The van der Waals surface area contributed by atoms with Gasteiger partial charge in [0, 0.05) is 23.5 Å². The summed E-state index contributed by atoms with van der Waals surface area (Å²) in [5.41, 5.74) is 1.08. The quantitative estimate of drug-likeness (QED) is 0.594. The van der Waals surface area contributed by atoms with Gasteiger partial charge in [0.2, 0.25) is 0 Å². The zero-order chi connectivity index (χ0) is 17.9. The Morgan fingerprint density at radius 3 is 2.62 bits per heavy atom. The van der Waals surface area contributed by atoms with E-state index in [1.165, 1.54) is 9.71 Å². The molecular weight excluding hydrogens is 412 g/mol. The maximum absolute atomic E-state index is 12.4. The highest BCUT2D eigenvalue weighted by Gasteiger charge is 2.26. The number of hydrogen-bond donors (Lipinski definition) is 0. The number of carbonyl (C=O) groups excluding carboxylic acids is 1. The molecule has 0 N–H and O–H groups in total. The van der Waals surface area contributed by atoms with E-state index in [1.807, 2.05) is 35.2 Å². The van der Waals surface area contributed by atoms with Crippen molar-refractivity contribution in [2.45, 2.75) is 18.8 Å². The van der Waals surface area contributed by atoms with Crippen molar-refractivity contribution in [3.8, 4) is 5.75 Å².